The van der Waals surface area contributed by atoms with Crippen molar-refractivity contribution in [3.05, 3.63) is 0 Å². The molecule has 0 aromatic rings. The Bertz CT molecular complexity index is 349. The Morgan fingerprint density at radius 3 is 2.42 bits per heavy atom. The molecule has 3 atom stereocenters. The molecule has 0 saturated carbocycles. The molecular weight excluding hydrogens is 258 g/mol. The summed E-state index contributed by atoms with van der Waals surface area (Å²) in [5.74, 6) is -0.127. The van der Waals surface area contributed by atoms with Crippen molar-refractivity contribution in [1.29, 1.82) is 0 Å². The minimum absolute atomic E-state index is 0.00647. The first-order chi connectivity index (χ1) is 8.60. The summed E-state index contributed by atoms with van der Waals surface area (Å²) in [5.41, 5.74) is 0. The number of aldehydes is 1. The highest BCUT2D eigenvalue weighted by Gasteiger charge is 2.43. The molecule has 0 aromatic carbocycles. The predicted octanol–water partition coefficient (Wildman–Crippen LogP) is 2.35. The molecule has 1 aliphatic rings. The van der Waals surface area contributed by atoms with Gasteiger partial charge in [-0.25, -0.2) is 0 Å². The van der Waals surface area contributed by atoms with Crippen LogP contribution in [-0.2, 0) is 14.0 Å². The highest BCUT2D eigenvalue weighted by Crippen LogP contribution is 2.37. The lowest BCUT2D eigenvalue weighted by Gasteiger charge is -2.40. The van der Waals surface area contributed by atoms with Crippen LogP contribution in [0.15, 0.2) is 0 Å². The number of rotatable bonds is 6. The van der Waals surface area contributed by atoms with Crippen LogP contribution in [0.3, 0.4) is 0 Å². The van der Waals surface area contributed by atoms with Gasteiger partial charge in [-0.3, -0.25) is 4.79 Å². The molecule has 1 heterocycles. The summed E-state index contributed by atoms with van der Waals surface area (Å²) >= 11 is 0. The molecular formula is C14H27NO3Si. The third-order valence-corrected chi connectivity index (χ3v) is 9.10. The molecule has 1 saturated heterocycles. The van der Waals surface area contributed by atoms with Gasteiger partial charge >= 0.3 is 0 Å². The Morgan fingerprint density at radius 2 is 2.00 bits per heavy atom. The zero-order chi connectivity index (χ0) is 14.8. The smallest absolute Gasteiger partial charge is 0.225 e. The van der Waals surface area contributed by atoms with E-state index in [9.17, 15) is 9.59 Å². The summed E-state index contributed by atoms with van der Waals surface area (Å²) in [5, 5.41) is 2.99. The summed E-state index contributed by atoms with van der Waals surface area (Å²) in [7, 11) is -1.74. The van der Waals surface area contributed by atoms with Crippen LogP contribution < -0.4 is 5.32 Å². The van der Waals surface area contributed by atoms with Gasteiger partial charge in [0.2, 0.25) is 5.91 Å². The quantitative estimate of drug-likeness (QED) is 0.463. The van der Waals surface area contributed by atoms with Crippen LogP contribution in [0.25, 0.3) is 0 Å². The van der Waals surface area contributed by atoms with Gasteiger partial charge in [0.25, 0.3) is 0 Å². The van der Waals surface area contributed by atoms with Crippen molar-refractivity contribution in [1.82, 2.24) is 5.32 Å². The Hall–Kier alpha value is -0.683. The molecule has 0 spiro atoms. The van der Waals surface area contributed by atoms with Crippen LogP contribution >= 0.6 is 0 Å². The summed E-state index contributed by atoms with van der Waals surface area (Å²) in [6.07, 6.45) is 1.62. The van der Waals surface area contributed by atoms with Crippen LogP contribution in [0.2, 0.25) is 18.1 Å². The number of carbonyl (C=O) groups is 2. The summed E-state index contributed by atoms with van der Waals surface area (Å²) in [6.45, 7) is 13.5. The molecule has 110 valence electrons. The van der Waals surface area contributed by atoms with Gasteiger partial charge in [0, 0.05) is 18.6 Å². The molecule has 0 aromatic heterocycles. The number of nitrogens with one attached hydrogen (secondary N) is 1. The van der Waals surface area contributed by atoms with E-state index in [0.29, 0.717) is 13.0 Å². The van der Waals surface area contributed by atoms with Gasteiger partial charge in [-0.05, 0) is 24.6 Å². The topological polar surface area (TPSA) is 55.4 Å². The second-order valence-corrected chi connectivity index (χ2v) is 11.8. The predicted molar refractivity (Wildman–Crippen MR) is 78.4 cm³/mol. The van der Waals surface area contributed by atoms with E-state index in [1.807, 2.05) is 6.92 Å². The Morgan fingerprint density at radius 1 is 1.42 bits per heavy atom. The van der Waals surface area contributed by atoms with E-state index in [2.05, 4.69) is 39.2 Å². The Balaban J connectivity index is 2.45. The molecule has 1 N–H and O–H groups in total. The molecule has 5 heteroatoms. The van der Waals surface area contributed by atoms with E-state index in [1.54, 1.807) is 0 Å². The SMILES string of the molecule is C[C@H](C=O)[C@H]1NC(=O)[C@H]1CCO[Si](C)(C)C(C)(C)C. The maximum absolute atomic E-state index is 11.5. The monoisotopic (exact) mass is 285 g/mol. The van der Waals surface area contributed by atoms with Crippen LogP contribution in [0.4, 0.5) is 0 Å². The normalized spacial score (nSPS) is 25.5. The van der Waals surface area contributed by atoms with E-state index in [-0.39, 0.29) is 28.8 Å². The molecule has 1 fully saturated rings. The van der Waals surface area contributed by atoms with Gasteiger partial charge in [-0.2, -0.15) is 0 Å². The van der Waals surface area contributed by atoms with Crippen molar-refractivity contribution in [3.63, 3.8) is 0 Å². The minimum Gasteiger partial charge on any atom is -0.417 e. The van der Waals surface area contributed by atoms with Crippen LogP contribution in [0.1, 0.15) is 34.1 Å². The van der Waals surface area contributed by atoms with E-state index in [4.69, 9.17) is 4.43 Å². The van der Waals surface area contributed by atoms with E-state index >= 15 is 0 Å². The number of β-lactam (4-membered cyclic amide) rings is 1. The molecule has 1 amide bonds. The molecule has 19 heavy (non-hydrogen) atoms. The fourth-order valence-corrected chi connectivity index (χ4v) is 3.05. The van der Waals surface area contributed by atoms with Crippen molar-refractivity contribution in [3.8, 4) is 0 Å². The molecule has 4 nitrogen and oxygen atoms in total. The van der Waals surface area contributed by atoms with Crippen LogP contribution in [-0.4, -0.2) is 33.2 Å². The summed E-state index contributed by atoms with van der Waals surface area (Å²) < 4.78 is 6.08. The largest absolute Gasteiger partial charge is 0.417 e. The molecule has 1 rings (SSSR count). The fourth-order valence-electron chi connectivity index (χ4n) is 1.99. The van der Waals surface area contributed by atoms with Crippen LogP contribution in [0.5, 0.6) is 0 Å². The average molecular weight is 285 g/mol. The van der Waals surface area contributed by atoms with E-state index in [1.165, 1.54) is 0 Å². The molecule has 0 bridgehead atoms. The average Bonchev–Trinajstić information content (AvgIpc) is 2.29. The molecule has 0 radical (unpaired) electrons. The first kappa shape index (κ1) is 16.4. The maximum atomic E-state index is 11.5. The van der Waals surface area contributed by atoms with Crippen molar-refractivity contribution >= 4 is 20.5 Å². The van der Waals surface area contributed by atoms with Gasteiger partial charge in [-0.1, -0.05) is 27.7 Å². The molecule has 0 aliphatic carbocycles. The van der Waals surface area contributed by atoms with Crippen molar-refractivity contribution < 1.29 is 14.0 Å². The highest BCUT2D eigenvalue weighted by atomic mass is 28.4. The zero-order valence-corrected chi connectivity index (χ0v) is 13.9. The fraction of sp³-hybridized carbons (Fsp3) is 0.857. The number of amides is 1. The first-order valence-corrected chi connectivity index (χ1v) is 9.90. The number of carbonyl (C=O) groups excluding carboxylic acids is 2. The third-order valence-electron chi connectivity index (χ3n) is 4.56. The highest BCUT2D eigenvalue weighted by molar-refractivity contribution is 6.74. The van der Waals surface area contributed by atoms with Gasteiger partial charge in [0.1, 0.15) is 6.29 Å². The van der Waals surface area contributed by atoms with Gasteiger partial charge < -0.3 is 14.5 Å². The lowest BCUT2D eigenvalue weighted by atomic mass is 9.81. The third kappa shape index (κ3) is 3.66. The maximum Gasteiger partial charge on any atom is 0.225 e. The lowest BCUT2D eigenvalue weighted by Crippen LogP contribution is -2.61. The summed E-state index contributed by atoms with van der Waals surface area (Å²) in [4.78, 5) is 22.3. The van der Waals surface area contributed by atoms with E-state index < -0.39 is 8.32 Å². The second-order valence-electron chi connectivity index (χ2n) is 7.03. The van der Waals surface area contributed by atoms with Crippen molar-refractivity contribution in [2.24, 2.45) is 11.8 Å². The standard InChI is InChI=1S/C14H27NO3Si/c1-10(9-16)12-11(13(17)15-12)7-8-18-19(5,6)14(2,3)4/h9-12H,7-8H2,1-6H3,(H,15,17)/t10-,11+,12-/m1/s1. The molecule has 0 unspecified atom stereocenters. The Kier molecular flexibility index (Phi) is 4.95. The van der Waals surface area contributed by atoms with Crippen LogP contribution in [0, 0.1) is 11.8 Å². The van der Waals surface area contributed by atoms with Gasteiger partial charge in [0.15, 0.2) is 8.32 Å². The molecule has 1 aliphatic heterocycles. The first-order valence-electron chi connectivity index (χ1n) is 7.00. The van der Waals surface area contributed by atoms with E-state index in [0.717, 1.165) is 6.29 Å². The summed E-state index contributed by atoms with van der Waals surface area (Å²) in [6, 6.07) is -0.00647. The van der Waals surface area contributed by atoms with Gasteiger partial charge in [-0.15, -0.1) is 0 Å². The Labute approximate surface area is 117 Å². The number of hydrogen-bond donors (Lipinski definition) is 1. The minimum atomic E-state index is -1.74. The van der Waals surface area contributed by atoms with Gasteiger partial charge in [0.05, 0.1) is 5.92 Å². The van der Waals surface area contributed by atoms with Crippen molar-refractivity contribution in [2.45, 2.75) is 58.3 Å². The second kappa shape index (κ2) is 5.75. The zero-order valence-electron chi connectivity index (χ0n) is 12.9. The lowest BCUT2D eigenvalue weighted by molar-refractivity contribution is -0.138. The van der Waals surface area contributed by atoms with Crippen molar-refractivity contribution in [2.75, 3.05) is 6.61 Å². The number of hydrogen-bond acceptors (Lipinski definition) is 3.